The number of alkyl halides is 3. The van der Waals surface area contributed by atoms with Gasteiger partial charge in [0.2, 0.25) is 0 Å². The van der Waals surface area contributed by atoms with E-state index >= 15 is 0 Å². The number of rotatable bonds is 6. The molecule has 0 aromatic heterocycles. The molecule has 0 radical (unpaired) electrons. The third-order valence-electron chi connectivity index (χ3n) is 4.55. The van der Waals surface area contributed by atoms with Crippen LogP contribution in [0.3, 0.4) is 0 Å². The summed E-state index contributed by atoms with van der Waals surface area (Å²) in [6.45, 7) is 0. The number of carbonyl (C=O) groups is 3. The number of hydrogen-bond donors (Lipinski definition) is 2. The zero-order valence-corrected chi connectivity index (χ0v) is 19.0. The van der Waals surface area contributed by atoms with Crippen molar-refractivity contribution < 1.29 is 37.2 Å². The third kappa shape index (κ3) is 7.11. The highest BCUT2D eigenvalue weighted by Gasteiger charge is 2.31. The summed E-state index contributed by atoms with van der Waals surface area (Å²) in [6, 6.07) is 12.9. The molecule has 0 fully saturated rings. The molecule has 0 heterocycles. The number of nitrogens with one attached hydrogen (secondary N) is 2. The number of anilines is 1. The van der Waals surface area contributed by atoms with Crippen molar-refractivity contribution >= 4 is 47.0 Å². The van der Waals surface area contributed by atoms with E-state index in [2.05, 4.69) is 5.10 Å². The number of para-hydroxylation sites is 1. The second kappa shape index (κ2) is 11.3. The Balaban J connectivity index is 1.65. The average Bonchev–Trinajstić information content (AvgIpc) is 2.85. The number of nitro groups is 1. The predicted molar refractivity (Wildman–Crippen MR) is 125 cm³/mol. The second-order valence-electron chi connectivity index (χ2n) is 7.08. The fraction of sp³-hybridized carbons (Fsp3) is 0.0435. The van der Waals surface area contributed by atoms with Gasteiger partial charge in [-0.05, 0) is 42.5 Å². The van der Waals surface area contributed by atoms with Gasteiger partial charge in [-0.3, -0.25) is 19.7 Å². The largest absolute Gasteiger partial charge is 0.422 e. The van der Waals surface area contributed by atoms with Gasteiger partial charge >= 0.3 is 24.0 Å². The van der Waals surface area contributed by atoms with E-state index in [0.29, 0.717) is 12.1 Å². The smallest absolute Gasteiger partial charge is 0.416 e. The van der Waals surface area contributed by atoms with Crippen molar-refractivity contribution in [2.45, 2.75) is 6.18 Å². The highest BCUT2D eigenvalue weighted by atomic mass is 35.5. The van der Waals surface area contributed by atoms with Crippen LogP contribution in [0.4, 0.5) is 24.5 Å². The van der Waals surface area contributed by atoms with Gasteiger partial charge in [0.05, 0.1) is 33.0 Å². The maximum atomic E-state index is 12.9. The lowest BCUT2D eigenvalue weighted by molar-refractivity contribution is -0.384. The first-order valence-electron chi connectivity index (χ1n) is 10.0. The Morgan fingerprint density at radius 3 is 2.32 bits per heavy atom. The SMILES string of the molecule is O=C(NN=Cc1ccccc1OC(=O)c1ccc([N+](=O)[O-])cc1)C(=O)Nc1cc(C(F)(F)F)ccc1Cl. The highest BCUT2D eigenvalue weighted by Crippen LogP contribution is 2.33. The Kier molecular flexibility index (Phi) is 8.19. The Labute approximate surface area is 210 Å². The van der Waals surface area contributed by atoms with E-state index in [-0.39, 0.29) is 27.6 Å². The van der Waals surface area contributed by atoms with E-state index in [0.717, 1.165) is 24.4 Å². The summed E-state index contributed by atoms with van der Waals surface area (Å²) in [4.78, 5) is 46.6. The molecule has 0 saturated carbocycles. The minimum atomic E-state index is -4.69. The number of hydrazone groups is 1. The molecule has 14 heteroatoms. The fourth-order valence-electron chi connectivity index (χ4n) is 2.75. The Hall–Kier alpha value is -4.78. The lowest BCUT2D eigenvalue weighted by Gasteiger charge is -2.11. The zero-order chi connectivity index (χ0) is 27.2. The summed E-state index contributed by atoms with van der Waals surface area (Å²) in [6.07, 6.45) is -3.63. The van der Waals surface area contributed by atoms with Gasteiger partial charge in [0.15, 0.2) is 0 Å². The fourth-order valence-corrected chi connectivity index (χ4v) is 2.91. The third-order valence-corrected chi connectivity index (χ3v) is 4.88. The molecule has 0 unspecified atom stereocenters. The Morgan fingerprint density at radius 1 is 1.00 bits per heavy atom. The standard InChI is InChI=1S/C23H14ClF3N4O6/c24-17-10-7-15(23(25,26)27)11-18(17)29-20(32)21(33)30-28-12-14-3-1-2-4-19(14)37-22(34)13-5-8-16(9-6-13)31(35)36/h1-12H,(H,29,32)(H,30,33). The average molecular weight is 535 g/mol. The van der Waals surface area contributed by atoms with E-state index in [1.165, 1.54) is 24.3 Å². The van der Waals surface area contributed by atoms with Crippen LogP contribution < -0.4 is 15.5 Å². The van der Waals surface area contributed by atoms with Gasteiger partial charge in [-0.1, -0.05) is 23.7 Å². The van der Waals surface area contributed by atoms with E-state index in [1.807, 2.05) is 10.7 Å². The monoisotopic (exact) mass is 534 g/mol. The number of amides is 2. The maximum Gasteiger partial charge on any atom is 0.416 e. The van der Waals surface area contributed by atoms with Crippen LogP contribution in [0.25, 0.3) is 0 Å². The number of benzene rings is 3. The van der Waals surface area contributed by atoms with E-state index in [1.54, 1.807) is 12.1 Å². The quantitative estimate of drug-likeness (QED) is 0.118. The summed E-state index contributed by atoms with van der Waals surface area (Å²) in [5.74, 6) is -3.46. The van der Waals surface area contributed by atoms with Crippen LogP contribution in [-0.4, -0.2) is 28.9 Å². The molecule has 37 heavy (non-hydrogen) atoms. The first kappa shape index (κ1) is 26.8. The minimum Gasteiger partial charge on any atom is -0.422 e. The van der Waals surface area contributed by atoms with Gasteiger partial charge in [-0.25, -0.2) is 10.2 Å². The first-order valence-corrected chi connectivity index (χ1v) is 10.4. The predicted octanol–water partition coefficient (Wildman–Crippen LogP) is 4.58. The van der Waals surface area contributed by atoms with Crippen molar-refractivity contribution in [3.05, 3.63) is 98.6 Å². The molecular weight excluding hydrogens is 521 g/mol. The van der Waals surface area contributed by atoms with Gasteiger partial charge in [-0.2, -0.15) is 18.3 Å². The molecule has 0 atom stereocenters. The van der Waals surface area contributed by atoms with Crippen LogP contribution in [0, 0.1) is 10.1 Å². The molecule has 190 valence electrons. The summed E-state index contributed by atoms with van der Waals surface area (Å²) in [5, 5.41) is 16.1. The normalized spacial score (nSPS) is 11.1. The molecular formula is C23H14ClF3N4O6. The van der Waals surface area contributed by atoms with Crippen molar-refractivity contribution in [1.82, 2.24) is 5.43 Å². The number of hydrogen-bond acceptors (Lipinski definition) is 7. The first-order chi connectivity index (χ1) is 17.5. The van der Waals surface area contributed by atoms with Gasteiger partial charge in [0, 0.05) is 17.7 Å². The molecule has 0 spiro atoms. The summed E-state index contributed by atoms with van der Waals surface area (Å²) in [7, 11) is 0. The zero-order valence-electron chi connectivity index (χ0n) is 18.3. The van der Waals surface area contributed by atoms with Crippen LogP contribution in [-0.2, 0) is 15.8 Å². The van der Waals surface area contributed by atoms with E-state index in [4.69, 9.17) is 16.3 Å². The number of halogens is 4. The summed E-state index contributed by atoms with van der Waals surface area (Å²) >= 11 is 5.79. The van der Waals surface area contributed by atoms with Gasteiger partial charge in [0.25, 0.3) is 5.69 Å². The number of carbonyl (C=O) groups excluding carboxylic acids is 3. The Bertz CT molecular complexity index is 1390. The molecule has 10 nitrogen and oxygen atoms in total. The molecule has 3 aromatic rings. The number of nitrogens with zero attached hydrogens (tertiary/aromatic N) is 2. The molecule has 0 aliphatic carbocycles. The van der Waals surface area contributed by atoms with Gasteiger partial charge in [0.1, 0.15) is 5.75 Å². The molecule has 0 aliphatic heterocycles. The van der Waals surface area contributed by atoms with Crippen molar-refractivity contribution in [3.8, 4) is 5.75 Å². The molecule has 0 saturated heterocycles. The molecule has 0 aliphatic rings. The summed E-state index contributed by atoms with van der Waals surface area (Å²) < 4.78 is 43.9. The highest BCUT2D eigenvalue weighted by molar-refractivity contribution is 6.41. The minimum absolute atomic E-state index is 0.0176. The topological polar surface area (TPSA) is 140 Å². The van der Waals surface area contributed by atoms with Crippen LogP contribution in [0.15, 0.2) is 71.8 Å². The summed E-state index contributed by atoms with van der Waals surface area (Å²) in [5.41, 5.74) is 0.425. The Morgan fingerprint density at radius 2 is 1.68 bits per heavy atom. The molecule has 2 N–H and O–H groups in total. The maximum absolute atomic E-state index is 12.9. The number of ether oxygens (including phenoxy) is 1. The van der Waals surface area contributed by atoms with Crippen LogP contribution in [0.5, 0.6) is 5.75 Å². The van der Waals surface area contributed by atoms with E-state index in [9.17, 15) is 37.7 Å². The molecule has 2 amide bonds. The lowest BCUT2D eigenvalue weighted by Crippen LogP contribution is -2.32. The van der Waals surface area contributed by atoms with Crippen LogP contribution >= 0.6 is 11.6 Å². The van der Waals surface area contributed by atoms with Crippen molar-refractivity contribution in [3.63, 3.8) is 0 Å². The van der Waals surface area contributed by atoms with Crippen LogP contribution in [0.1, 0.15) is 21.5 Å². The van der Waals surface area contributed by atoms with Gasteiger partial charge < -0.3 is 10.1 Å². The lowest BCUT2D eigenvalue weighted by atomic mass is 10.2. The van der Waals surface area contributed by atoms with E-state index < -0.39 is 40.1 Å². The van der Waals surface area contributed by atoms with Crippen molar-refractivity contribution in [2.24, 2.45) is 5.10 Å². The molecule has 3 rings (SSSR count). The molecule has 3 aromatic carbocycles. The van der Waals surface area contributed by atoms with Crippen molar-refractivity contribution in [2.75, 3.05) is 5.32 Å². The number of nitro benzene ring substituents is 1. The van der Waals surface area contributed by atoms with Gasteiger partial charge in [-0.15, -0.1) is 0 Å². The molecule has 0 bridgehead atoms. The number of esters is 1. The van der Waals surface area contributed by atoms with Crippen LogP contribution in [0.2, 0.25) is 5.02 Å². The second-order valence-corrected chi connectivity index (χ2v) is 7.48. The van der Waals surface area contributed by atoms with Crippen molar-refractivity contribution in [1.29, 1.82) is 0 Å². The number of non-ortho nitro benzene ring substituents is 1.